The lowest BCUT2D eigenvalue weighted by Gasteiger charge is -2.29. The third kappa shape index (κ3) is 4.53. The normalized spacial score (nSPS) is 17.3. The van der Waals surface area contributed by atoms with Crippen molar-refractivity contribution in [3.63, 3.8) is 0 Å². The molecule has 0 aliphatic carbocycles. The molecule has 1 fully saturated rings. The van der Waals surface area contributed by atoms with Gasteiger partial charge in [-0.2, -0.15) is 0 Å². The summed E-state index contributed by atoms with van der Waals surface area (Å²) in [5.41, 5.74) is 1.01. The zero-order valence-corrected chi connectivity index (χ0v) is 14.2. The standard InChI is InChI=1S/C18H27N3O2/c1-3-20(4-2)18(23)16-11-8-14-21(16)17(22)12-7-10-15-9-5-6-13-19-15/h5-6,9,13,16H,3-4,7-8,10-12,14H2,1-2H3/t16-/m0/s1. The number of nitrogens with zero attached hydrogens (tertiary/aromatic N) is 3. The first kappa shape index (κ1) is 17.4. The van der Waals surface area contributed by atoms with E-state index in [9.17, 15) is 9.59 Å². The number of amides is 2. The van der Waals surface area contributed by atoms with E-state index in [2.05, 4.69) is 4.98 Å². The van der Waals surface area contributed by atoms with Gasteiger partial charge in [-0.1, -0.05) is 6.07 Å². The van der Waals surface area contributed by atoms with Gasteiger partial charge in [0.2, 0.25) is 11.8 Å². The van der Waals surface area contributed by atoms with Crippen LogP contribution in [0, 0.1) is 0 Å². The summed E-state index contributed by atoms with van der Waals surface area (Å²) in [6.45, 7) is 6.08. The molecule has 2 amide bonds. The number of hydrogen-bond donors (Lipinski definition) is 0. The third-order valence-electron chi connectivity index (χ3n) is 4.48. The SMILES string of the molecule is CCN(CC)C(=O)[C@@H]1CCCN1C(=O)CCCc1ccccn1. The average Bonchev–Trinajstić information content (AvgIpc) is 3.06. The van der Waals surface area contributed by atoms with Crippen LogP contribution < -0.4 is 0 Å². The molecule has 126 valence electrons. The van der Waals surface area contributed by atoms with Gasteiger partial charge in [-0.05, 0) is 51.7 Å². The number of hydrogen-bond acceptors (Lipinski definition) is 3. The average molecular weight is 317 g/mol. The van der Waals surface area contributed by atoms with Crippen LogP contribution in [0.5, 0.6) is 0 Å². The van der Waals surface area contributed by atoms with Gasteiger partial charge in [-0.25, -0.2) is 0 Å². The summed E-state index contributed by atoms with van der Waals surface area (Å²) < 4.78 is 0. The second-order valence-corrected chi connectivity index (χ2v) is 5.93. The molecule has 2 rings (SSSR count). The number of likely N-dealkylation sites (N-methyl/N-ethyl adjacent to an activating group) is 1. The number of rotatable bonds is 7. The molecule has 0 N–H and O–H groups in total. The summed E-state index contributed by atoms with van der Waals surface area (Å²) in [7, 11) is 0. The summed E-state index contributed by atoms with van der Waals surface area (Å²) in [5.74, 6) is 0.203. The minimum Gasteiger partial charge on any atom is -0.341 e. The quantitative estimate of drug-likeness (QED) is 0.775. The Bertz CT molecular complexity index is 514. The largest absolute Gasteiger partial charge is 0.341 e. The van der Waals surface area contributed by atoms with Gasteiger partial charge in [0, 0.05) is 37.9 Å². The van der Waals surface area contributed by atoms with Crippen LogP contribution in [0.1, 0.15) is 45.2 Å². The third-order valence-corrected chi connectivity index (χ3v) is 4.48. The Morgan fingerprint density at radius 3 is 2.74 bits per heavy atom. The van der Waals surface area contributed by atoms with Crippen LogP contribution in [0.25, 0.3) is 0 Å². The predicted molar refractivity (Wildman–Crippen MR) is 89.8 cm³/mol. The van der Waals surface area contributed by atoms with Gasteiger partial charge in [0.1, 0.15) is 6.04 Å². The molecule has 1 aromatic rings. The van der Waals surface area contributed by atoms with Crippen molar-refractivity contribution in [2.75, 3.05) is 19.6 Å². The van der Waals surface area contributed by atoms with Crippen molar-refractivity contribution in [2.24, 2.45) is 0 Å². The Labute approximate surface area is 138 Å². The highest BCUT2D eigenvalue weighted by Gasteiger charge is 2.35. The predicted octanol–water partition coefficient (Wildman–Crippen LogP) is 2.26. The number of carbonyl (C=O) groups excluding carboxylic acids is 2. The Morgan fingerprint density at radius 2 is 2.09 bits per heavy atom. The van der Waals surface area contributed by atoms with E-state index in [0.717, 1.165) is 31.4 Å². The van der Waals surface area contributed by atoms with Gasteiger partial charge in [-0.3, -0.25) is 14.6 Å². The van der Waals surface area contributed by atoms with E-state index in [1.54, 1.807) is 11.1 Å². The van der Waals surface area contributed by atoms with Crippen LogP contribution in [0.3, 0.4) is 0 Å². The van der Waals surface area contributed by atoms with E-state index in [1.807, 2.05) is 36.9 Å². The lowest BCUT2D eigenvalue weighted by molar-refractivity contribution is -0.143. The molecule has 1 saturated heterocycles. The van der Waals surface area contributed by atoms with Crippen molar-refractivity contribution in [3.05, 3.63) is 30.1 Å². The summed E-state index contributed by atoms with van der Waals surface area (Å²) in [4.78, 5) is 32.9. The minimum atomic E-state index is -0.253. The first-order valence-electron chi connectivity index (χ1n) is 8.65. The molecular weight excluding hydrogens is 290 g/mol. The number of likely N-dealkylation sites (tertiary alicyclic amines) is 1. The second kappa shape index (κ2) is 8.65. The number of aryl methyl sites for hydroxylation is 1. The Balaban J connectivity index is 1.86. The van der Waals surface area contributed by atoms with Crippen molar-refractivity contribution in [2.45, 2.75) is 52.0 Å². The fourth-order valence-electron chi connectivity index (χ4n) is 3.18. The Hall–Kier alpha value is -1.91. The molecule has 0 bridgehead atoms. The van der Waals surface area contributed by atoms with Crippen molar-refractivity contribution >= 4 is 11.8 Å². The van der Waals surface area contributed by atoms with Crippen molar-refractivity contribution in [1.29, 1.82) is 0 Å². The maximum absolute atomic E-state index is 12.5. The van der Waals surface area contributed by atoms with Crippen molar-refractivity contribution in [1.82, 2.24) is 14.8 Å². The van der Waals surface area contributed by atoms with Gasteiger partial charge in [0.25, 0.3) is 0 Å². The van der Waals surface area contributed by atoms with E-state index in [1.165, 1.54) is 0 Å². The second-order valence-electron chi connectivity index (χ2n) is 5.93. The van der Waals surface area contributed by atoms with Crippen molar-refractivity contribution in [3.8, 4) is 0 Å². The highest BCUT2D eigenvalue weighted by Crippen LogP contribution is 2.21. The number of carbonyl (C=O) groups is 2. The molecule has 2 heterocycles. The van der Waals surface area contributed by atoms with Crippen LogP contribution >= 0.6 is 0 Å². The maximum atomic E-state index is 12.5. The van der Waals surface area contributed by atoms with Crippen LogP contribution in [-0.4, -0.2) is 52.3 Å². The van der Waals surface area contributed by atoms with Crippen LogP contribution in [-0.2, 0) is 16.0 Å². The first-order valence-corrected chi connectivity index (χ1v) is 8.65. The summed E-state index contributed by atoms with van der Waals surface area (Å²) in [6.07, 6.45) is 5.55. The molecule has 1 aromatic heterocycles. The summed E-state index contributed by atoms with van der Waals surface area (Å²) in [5, 5.41) is 0. The molecule has 5 heteroatoms. The number of pyridine rings is 1. The molecule has 0 spiro atoms. The molecule has 0 radical (unpaired) electrons. The summed E-state index contributed by atoms with van der Waals surface area (Å²) >= 11 is 0. The molecular formula is C18H27N3O2. The lowest BCUT2D eigenvalue weighted by Crippen LogP contribution is -2.47. The van der Waals surface area contributed by atoms with Gasteiger partial charge in [-0.15, -0.1) is 0 Å². The molecule has 1 atom stereocenters. The molecule has 23 heavy (non-hydrogen) atoms. The molecule has 0 unspecified atom stereocenters. The van der Waals surface area contributed by atoms with E-state index >= 15 is 0 Å². The molecule has 0 saturated carbocycles. The highest BCUT2D eigenvalue weighted by molar-refractivity contribution is 5.88. The smallest absolute Gasteiger partial charge is 0.245 e. The molecule has 5 nitrogen and oxygen atoms in total. The van der Waals surface area contributed by atoms with Gasteiger partial charge < -0.3 is 9.80 Å². The first-order chi connectivity index (χ1) is 11.2. The van der Waals surface area contributed by atoms with Crippen LogP contribution in [0.4, 0.5) is 0 Å². The van der Waals surface area contributed by atoms with E-state index in [-0.39, 0.29) is 17.9 Å². The van der Waals surface area contributed by atoms with Crippen molar-refractivity contribution < 1.29 is 9.59 Å². The minimum absolute atomic E-state index is 0.101. The fraction of sp³-hybridized carbons (Fsp3) is 0.611. The number of aromatic nitrogens is 1. The zero-order valence-electron chi connectivity index (χ0n) is 14.2. The van der Waals surface area contributed by atoms with Gasteiger partial charge in [0.05, 0.1) is 0 Å². The lowest BCUT2D eigenvalue weighted by atomic mass is 10.1. The summed E-state index contributed by atoms with van der Waals surface area (Å²) in [6, 6.07) is 5.58. The van der Waals surface area contributed by atoms with E-state index in [4.69, 9.17) is 0 Å². The van der Waals surface area contributed by atoms with E-state index in [0.29, 0.717) is 26.1 Å². The van der Waals surface area contributed by atoms with E-state index < -0.39 is 0 Å². The highest BCUT2D eigenvalue weighted by atomic mass is 16.2. The van der Waals surface area contributed by atoms with Gasteiger partial charge in [0.15, 0.2) is 0 Å². The van der Waals surface area contributed by atoms with Crippen LogP contribution in [0.2, 0.25) is 0 Å². The topological polar surface area (TPSA) is 53.5 Å². The zero-order chi connectivity index (χ0) is 16.7. The Morgan fingerprint density at radius 1 is 1.30 bits per heavy atom. The molecule has 0 aromatic carbocycles. The monoisotopic (exact) mass is 317 g/mol. The fourth-order valence-corrected chi connectivity index (χ4v) is 3.18. The molecule has 1 aliphatic heterocycles. The molecule has 1 aliphatic rings. The maximum Gasteiger partial charge on any atom is 0.245 e. The Kier molecular flexibility index (Phi) is 6.56. The van der Waals surface area contributed by atoms with Crippen LogP contribution in [0.15, 0.2) is 24.4 Å². The van der Waals surface area contributed by atoms with Gasteiger partial charge >= 0.3 is 0 Å².